The van der Waals surface area contributed by atoms with Crippen LogP contribution in [0.2, 0.25) is 0 Å². The maximum atomic E-state index is 5.81. The van der Waals surface area contributed by atoms with Gasteiger partial charge in [0.1, 0.15) is 17.8 Å². The molecule has 6 heteroatoms. The SMILES string of the molecule is CCc1ccc(Oc2ncnc(NN)c2N)cc1. The first-order chi connectivity index (χ1) is 8.74. The molecule has 0 atom stereocenters. The number of hydrogen-bond acceptors (Lipinski definition) is 6. The van der Waals surface area contributed by atoms with Crippen LogP contribution >= 0.6 is 0 Å². The number of anilines is 2. The summed E-state index contributed by atoms with van der Waals surface area (Å²) in [6.07, 6.45) is 2.32. The summed E-state index contributed by atoms with van der Waals surface area (Å²) in [5.41, 5.74) is 9.70. The number of nitrogens with one attached hydrogen (secondary N) is 1. The van der Waals surface area contributed by atoms with Gasteiger partial charge in [-0.05, 0) is 24.1 Å². The first-order valence-corrected chi connectivity index (χ1v) is 5.58. The molecular weight excluding hydrogens is 230 g/mol. The third kappa shape index (κ3) is 2.49. The van der Waals surface area contributed by atoms with Crippen molar-refractivity contribution in [2.24, 2.45) is 5.84 Å². The number of hydrazine groups is 1. The Hall–Kier alpha value is -2.34. The van der Waals surface area contributed by atoms with Crippen LogP contribution in [-0.2, 0) is 6.42 Å². The molecule has 0 amide bonds. The summed E-state index contributed by atoms with van der Waals surface area (Å²) >= 11 is 0. The Balaban J connectivity index is 2.22. The first-order valence-electron chi connectivity index (χ1n) is 5.58. The second-order valence-electron chi connectivity index (χ2n) is 3.69. The Morgan fingerprint density at radius 1 is 1.22 bits per heavy atom. The van der Waals surface area contributed by atoms with E-state index in [1.807, 2.05) is 24.3 Å². The Kier molecular flexibility index (Phi) is 3.59. The fraction of sp³-hybridized carbons (Fsp3) is 0.167. The van der Waals surface area contributed by atoms with Crippen LogP contribution in [0.1, 0.15) is 12.5 Å². The number of nitrogen functional groups attached to an aromatic ring is 2. The van der Waals surface area contributed by atoms with Gasteiger partial charge < -0.3 is 15.9 Å². The number of aromatic nitrogens is 2. The van der Waals surface area contributed by atoms with Crippen LogP contribution in [0.4, 0.5) is 11.5 Å². The van der Waals surface area contributed by atoms with Crippen molar-refractivity contribution in [3.05, 3.63) is 36.2 Å². The fourth-order valence-corrected chi connectivity index (χ4v) is 1.48. The number of nitrogens with two attached hydrogens (primary N) is 2. The highest BCUT2D eigenvalue weighted by molar-refractivity contribution is 5.66. The van der Waals surface area contributed by atoms with E-state index < -0.39 is 0 Å². The highest BCUT2D eigenvalue weighted by Gasteiger charge is 2.09. The molecule has 0 bridgehead atoms. The van der Waals surface area contributed by atoms with Crippen molar-refractivity contribution in [1.29, 1.82) is 0 Å². The third-order valence-corrected chi connectivity index (χ3v) is 2.53. The molecule has 0 unspecified atom stereocenters. The number of aryl methyl sites for hydroxylation is 1. The van der Waals surface area contributed by atoms with E-state index in [1.54, 1.807) is 0 Å². The van der Waals surface area contributed by atoms with Gasteiger partial charge in [0.25, 0.3) is 0 Å². The molecule has 0 fully saturated rings. The molecule has 0 spiro atoms. The van der Waals surface area contributed by atoms with E-state index in [4.69, 9.17) is 16.3 Å². The van der Waals surface area contributed by atoms with Gasteiger partial charge in [0.2, 0.25) is 5.88 Å². The Morgan fingerprint density at radius 2 is 1.94 bits per heavy atom. The molecule has 1 heterocycles. The van der Waals surface area contributed by atoms with E-state index >= 15 is 0 Å². The Morgan fingerprint density at radius 3 is 2.56 bits per heavy atom. The molecule has 0 radical (unpaired) electrons. The maximum absolute atomic E-state index is 5.81. The van der Waals surface area contributed by atoms with E-state index in [-0.39, 0.29) is 11.6 Å². The summed E-state index contributed by atoms with van der Waals surface area (Å²) in [6, 6.07) is 7.73. The average molecular weight is 245 g/mol. The summed E-state index contributed by atoms with van der Waals surface area (Å²) in [5.74, 6) is 6.56. The van der Waals surface area contributed by atoms with Crippen LogP contribution < -0.4 is 21.7 Å². The highest BCUT2D eigenvalue weighted by atomic mass is 16.5. The van der Waals surface area contributed by atoms with Crippen LogP contribution in [0.15, 0.2) is 30.6 Å². The summed E-state index contributed by atoms with van der Waals surface area (Å²) in [7, 11) is 0. The van der Waals surface area contributed by atoms with Crippen LogP contribution in [0.5, 0.6) is 11.6 Å². The molecule has 0 saturated carbocycles. The minimum absolute atomic E-state index is 0.277. The van der Waals surface area contributed by atoms with Crippen molar-refractivity contribution in [1.82, 2.24) is 9.97 Å². The fourth-order valence-electron chi connectivity index (χ4n) is 1.48. The molecular formula is C12H15N5O. The summed E-state index contributed by atoms with van der Waals surface area (Å²) < 4.78 is 5.58. The topological polar surface area (TPSA) is 99.1 Å². The standard InChI is InChI=1S/C12H15N5O/c1-2-8-3-5-9(6-4-8)18-12-10(13)11(17-14)15-7-16-12/h3-7H,2,13-14H2,1H3,(H,15,16,17). The molecule has 0 saturated heterocycles. The maximum Gasteiger partial charge on any atom is 0.248 e. The van der Waals surface area contributed by atoms with Gasteiger partial charge in [-0.25, -0.2) is 10.8 Å². The lowest BCUT2D eigenvalue weighted by Crippen LogP contribution is -2.12. The summed E-state index contributed by atoms with van der Waals surface area (Å²) in [6.45, 7) is 2.09. The van der Waals surface area contributed by atoms with Gasteiger partial charge in [-0.1, -0.05) is 19.1 Å². The smallest absolute Gasteiger partial charge is 0.248 e. The Bertz CT molecular complexity index is 526. The van der Waals surface area contributed by atoms with Crippen LogP contribution in [0.25, 0.3) is 0 Å². The monoisotopic (exact) mass is 245 g/mol. The predicted molar refractivity (Wildman–Crippen MR) is 70.1 cm³/mol. The summed E-state index contributed by atoms with van der Waals surface area (Å²) in [5, 5.41) is 0. The molecule has 2 aromatic rings. The highest BCUT2D eigenvalue weighted by Crippen LogP contribution is 2.28. The van der Waals surface area contributed by atoms with Gasteiger partial charge in [-0.15, -0.1) is 0 Å². The van der Waals surface area contributed by atoms with Crippen molar-refractivity contribution in [2.75, 3.05) is 11.2 Å². The number of ether oxygens (including phenoxy) is 1. The molecule has 2 rings (SSSR count). The van der Waals surface area contributed by atoms with Crippen LogP contribution in [-0.4, -0.2) is 9.97 Å². The molecule has 0 aliphatic heterocycles. The van der Waals surface area contributed by atoms with E-state index in [2.05, 4.69) is 22.3 Å². The lowest BCUT2D eigenvalue weighted by molar-refractivity contribution is 0.464. The van der Waals surface area contributed by atoms with Gasteiger partial charge in [-0.2, -0.15) is 4.98 Å². The minimum atomic E-state index is 0.277. The number of nitrogens with zero attached hydrogens (tertiary/aromatic N) is 2. The molecule has 18 heavy (non-hydrogen) atoms. The largest absolute Gasteiger partial charge is 0.437 e. The molecule has 6 nitrogen and oxygen atoms in total. The van der Waals surface area contributed by atoms with E-state index in [0.29, 0.717) is 11.6 Å². The lowest BCUT2D eigenvalue weighted by atomic mass is 10.2. The van der Waals surface area contributed by atoms with Gasteiger partial charge >= 0.3 is 0 Å². The molecule has 5 N–H and O–H groups in total. The quantitative estimate of drug-likeness (QED) is 0.560. The molecule has 0 aliphatic carbocycles. The van der Waals surface area contributed by atoms with Crippen molar-refractivity contribution in [2.45, 2.75) is 13.3 Å². The van der Waals surface area contributed by atoms with Gasteiger partial charge in [0, 0.05) is 0 Å². The summed E-state index contributed by atoms with van der Waals surface area (Å²) in [4.78, 5) is 7.85. The minimum Gasteiger partial charge on any atom is -0.437 e. The number of hydrogen-bond donors (Lipinski definition) is 3. The average Bonchev–Trinajstić information content (AvgIpc) is 2.42. The van der Waals surface area contributed by atoms with Gasteiger partial charge in [0.05, 0.1) is 0 Å². The first kappa shape index (κ1) is 12.1. The molecule has 1 aromatic carbocycles. The van der Waals surface area contributed by atoms with Crippen LogP contribution in [0.3, 0.4) is 0 Å². The second-order valence-corrected chi connectivity index (χ2v) is 3.69. The molecule has 0 aliphatic rings. The number of benzene rings is 1. The van der Waals surface area contributed by atoms with E-state index in [0.717, 1.165) is 6.42 Å². The van der Waals surface area contributed by atoms with Crippen LogP contribution in [0, 0.1) is 0 Å². The lowest BCUT2D eigenvalue weighted by Gasteiger charge is -2.09. The van der Waals surface area contributed by atoms with Crippen molar-refractivity contribution < 1.29 is 4.74 Å². The van der Waals surface area contributed by atoms with E-state index in [1.165, 1.54) is 11.9 Å². The van der Waals surface area contributed by atoms with Crippen molar-refractivity contribution in [3.8, 4) is 11.6 Å². The van der Waals surface area contributed by atoms with Crippen molar-refractivity contribution >= 4 is 11.5 Å². The Labute approximate surface area is 105 Å². The normalized spacial score (nSPS) is 10.1. The zero-order valence-electron chi connectivity index (χ0n) is 10.1. The predicted octanol–water partition coefficient (Wildman–Crippen LogP) is 1.70. The second kappa shape index (κ2) is 5.33. The zero-order chi connectivity index (χ0) is 13.0. The van der Waals surface area contributed by atoms with Gasteiger partial charge in [0.15, 0.2) is 5.82 Å². The van der Waals surface area contributed by atoms with Gasteiger partial charge in [-0.3, -0.25) is 0 Å². The van der Waals surface area contributed by atoms with E-state index in [9.17, 15) is 0 Å². The number of rotatable bonds is 4. The third-order valence-electron chi connectivity index (χ3n) is 2.53. The molecule has 1 aromatic heterocycles. The molecule has 94 valence electrons. The van der Waals surface area contributed by atoms with Crippen molar-refractivity contribution in [3.63, 3.8) is 0 Å². The zero-order valence-corrected chi connectivity index (χ0v) is 10.1.